The number of sulfone groups is 1. The van der Waals surface area contributed by atoms with E-state index in [-0.39, 0.29) is 17.9 Å². The molecule has 2 aromatic carbocycles. The minimum absolute atomic E-state index is 0.0547. The number of aryl methyl sites for hydroxylation is 1. The fourth-order valence-electron chi connectivity index (χ4n) is 4.73. The molecular weight excluding hydrogens is 587 g/mol. The summed E-state index contributed by atoms with van der Waals surface area (Å²) in [6.07, 6.45) is -2.00. The molecule has 15 heteroatoms. The number of alkyl halides is 3. The SMILES string of the molecule is COC(=O)CCn1ncc2c1CCC[C@H]2N(C)S(=O)(=O)c1cc(C(F)(F)F)cc(S(=O)(=O)c2ccc(OC)cc2)c1. The molecule has 0 amide bonds. The van der Waals surface area contributed by atoms with E-state index in [0.29, 0.717) is 48.4 Å². The number of fused-ring (bicyclic) bond motifs is 1. The van der Waals surface area contributed by atoms with E-state index in [9.17, 15) is 34.8 Å². The molecule has 0 aliphatic heterocycles. The summed E-state index contributed by atoms with van der Waals surface area (Å²) in [6, 6.07) is 5.81. The molecule has 0 spiro atoms. The number of halogens is 3. The van der Waals surface area contributed by atoms with Crippen LogP contribution in [-0.4, -0.2) is 58.2 Å². The van der Waals surface area contributed by atoms with Gasteiger partial charge >= 0.3 is 12.1 Å². The van der Waals surface area contributed by atoms with E-state index in [1.165, 1.54) is 39.6 Å². The monoisotopic (exact) mass is 615 g/mol. The molecule has 1 aliphatic rings. The first-order chi connectivity index (χ1) is 19.2. The van der Waals surface area contributed by atoms with Crippen LogP contribution in [0.25, 0.3) is 0 Å². The Kier molecular flexibility index (Phi) is 8.52. The molecule has 0 bridgehead atoms. The quantitative estimate of drug-likeness (QED) is 0.331. The number of ether oxygens (including phenoxy) is 2. The Morgan fingerprint density at radius 2 is 1.71 bits per heavy atom. The zero-order valence-corrected chi connectivity index (χ0v) is 24.0. The summed E-state index contributed by atoms with van der Waals surface area (Å²) < 4.78 is 108. The summed E-state index contributed by atoms with van der Waals surface area (Å²) in [7, 11) is -5.29. The normalized spacial score (nSPS) is 15.9. The van der Waals surface area contributed by atoms with Crippen LogP contribution in [0.2, 0.25) is 0 Å². The number of carbonyl (C=O) groups excluding carboxylic acids is 1. The molecule has 1 atom stereocenters. The molecule has 0 fully saturated rings. The van der Waals surface area contributed by atoms with Gasteiger partial charge in [0, 0.05) is 18.3 Å². The molecule has 0 N–H and O–H groups in total. The lowest BCUT2D eigenvalue weighted by molar-refractivity contribution is -0.141. The second-order valence-electron chi connectivity index (χ2n) is 9.39. The van der Waals surface area contributed by atoms with Crippen LogP contribution in [0.1, 0.15) is 42.1 Å². The molecule has 1 aromatic heterocycles. The van der Waals surface area contributed by atoms with E-state index in [2.05, 4.69) is 9.84 Å². The smallest absolute Gasteiger partial charge is 0.416 e. The van der Waals surface area contributed by atoms with Crippen LogP contribution >= 0.6 is 0 Å². The van der Waals surface area contributed by atoms with E-state index in [4.69, 9.17) is 4.74 Å². The summed E-state index contributed by atoms with van der Waals surface area (Å²) >= 11 is 0. The van der Waals surface area contributed by atoms with Crippen LogP contribution in [0.3, 0.4) is 0 Å². The number of benzene rings is 2. The Bertz CT molecular complexity index is 1650. The third-order valence-corrected chi connectivity index (χ3v) is 10.6. The van der Waals surface area contributed by atoms with Crippen molar-refractivity contribution in [2.24, 2.45) is 0 Å². The van der Waals surface area contributed by atoms with Crippen LogP contribution in [0.15, 0.2) is 63.3 Å². The number of nitrogens with zero attached hydrogens (tertiary/aromatic N) is 3. The molecular formula is C26H28F3N3O7S2. The van der Waals surface area contributed by atoms with Gasteiger partial charge in [-0.25, -0.2) is 16.8 Å². The maximum Gasteiger partial charge on any atom is 0.416 e. The van der Waals surface area contributed by atoms with Gasteiger partial charge in [-0.2, -0.15) is 22.6 Å². The lowest BCUT2D eigenvalue weighted by Gasteiger charge is -2.31. The average Bonchev–Trinajstić information content (AvgIpc) is 3.38. The van der Waals surface area contributed by atoms with Crippen molar-refractivity contribution < 1.29 is 44.3 Å². The number of hydrogen-bond acceptors (Lipinski definition) is 8. The fraction of sp³-hybridized carbons (Fsp3) is 0.385. The zero-order chi connectivity index (χ0) is 30.2. The van der Waals surface area contributed by atoms with Gasteiger partial charge in [-0.3, -0.25) is 9.48 Å². The highest BCUT2D eigenvalue weighted by atomic mass is 32.2. The Labute approximate surface area is 235 Å². The minimum atomic E-state index is -5.02. The van der Waals surface area contributed by atoms with E-state index < -0.39 is 53.4 Å². The zero-order valence-electron chi connectivity index (χ0n) is 22.4. The number of sulfonamides is 1. The maximum atomic E-state index is 13.9. The van der Waals surface area contributed by atoms with E-state index >= 15 is 0 Å². The summed E-state index contributed by atoms with van der Waals surface area (Å²) in [6.45, 7) is 0.214. The predicted octanol–water partition coefficient (Wildman–Crippen LogP) is 4.00. The van der Waals surface area contributed by atoms with Crippen LogP contribution in [-0.2, 0) is 48.5 Å². The van der Waals surface area contributed by atoms with Gasteiger partial charge < -0.3 is 9.47 Å². The summed E-state index contributed by atoms with van der Waals surface area (Å²) in [5, 5.41) is 4.28. The van der Waals surface area contributed by atoms with Gasteiger partial charge in [0.1, 0.15) is 5.75 Å². The van der Waals surface area contributed by atoms with E-state index in [1.807, 2.05) is 0 Å². The number of hydrogen-bond donors (Lipinski definition) is 0. The first kappa shape index (κ1) is 30.5. The molecule has 1 heterocycles. The van der Waals surface area contributed by atoms with E-state index in [0.717, 1.165) is 22.5 Å². The first-order valence-electron chi connectivity index (χ1n) is 12.4. The largest absolute Gasteiger partial charge is 0.497 e. The summed E-state index contributed by atoms with van der Waals surface area (Å²) in [5.41, 5.74) is -0.150. The van der Waals surface area contributed by atoms with Crippen molar-refractivity contribution in [2.75, 3.05) is 21.3 Å². The molecule has 3 aromatic rings. The molecule has 0 saturated carbocycles. The fourth-order valence-corrected chi connectivity index (χ4v) is 7.57. The third kappa shape index (κ3) is 6.11. The number of aromatic nitrogens is 2. The molecule has 0 radical (unpaired) electrons. The molecule has 10 nitrogen and oxygen atoms in total. The highest BCUT2D eigenvalue weighted by Gasteiger charge is 2.38. The second-order valence-corrected chi connectivity index (χ2v) is 13.3. The maximum absolute atomic E-state index is 13.9. The van der Waals surface area contributed by atoms with Crippen molar-refractivity contribution >= 4 is 25.8 Å². The molecule has 41 heavy (non-hydrogen) atoms. The van der Waals surface area contributed by atoms with Crippen LogP contribution < -0.4 is 4.74 Å². The molecule has 0 saturated heterocycles. The van der Waals surface area contributed by atoms with Crippen molar-refractivity contribution in [3.8, 4) is 5.75 Å². The van der Waals surface area contributed by atoms with Crippen molar-refractivity contribution in [2.45, 2.75) is 59.1 Å². The van der Waals surface area contributed by atoms with Crippen molar-refractivity contribution in [1.82, 2.24) is 14.1 Å². The van der Waals surface area contributed by atoms with Gasteiger partial charge in [0.05, 0.1) is 59.7 Å². The van der Waals surface area contributed by atoms with Crippen LogP contribution in [0, 0.1) is 0 Å². The lowest BCUT2D eigenvalue weighted by Crippen LogP contribution is -2.33. The standard InChI is InChI=1S/C26H28F3N3O7S2/c1-31(23-5-4-6-24-22(23)16-30-32(24)12-11-25(33)39-3)41(36,37)21-14-17(26(27,28)29)13-20(15-21)40(34,35)19-9-7-18(38-2)8-10-19/h7-10,13-16,23H,4-6,11-12H2,1-3H3/t23-/m1/s1. The number of rotatable bonds is 9. The van der Waals surface area contributed by atoms with Crippen molar-refractivity contribution in [3.05, 3.63) is 65.5 Å². The number of methoxy groups -OCH3 is 2. The van der Waals surface area contributed by atoms with Gasteiger partial charge in [-0.15, -0.1) is 0 Å². The summed E-state index contributed by atoms with van der Waals surface area (Å²) in [4.78, 5) is 9.62. The van der Waals surface area contributed by atoms with Gasteiger partial charge in [0.15, 0.2) is 0 Å². The van der Waals surface area contributed by atoms with Gasteiger partial charge in [0.2, 0.25) is 19.9 Å². The van der Waals surface area contributed by atoms with Gasteiger partial charge in [0.25, 0.3) is 0 Å². The van der Waals surface area contributed by atoms with Crippen molar-refractivity contribution in [3.63, 3.8) is 0 Å². The Hall–Kier alpha value is -3.43. The molecule has 1 aliphatic carbocycles. The number of esters is 1. The lowest BCUT2D eigenvalue weighted by atomic mass is 9.93. The Balaban J connectivity index is 1.75. The Morgan fingerprint density at radius 1 is 1.05 bits per heavy atom. The van der Waals surface area contributed by atoms with E-state index in [1.54, 1.807) is 4.68 Å². The summed E-state index contributed by atoms with van der Waals surface area (Å²) in [5.74, 6) is -0.107. The molecule has 222 valence electrons. The van der Waals surface area contributed by atoms with Crippen molar-refractivity contribution in [1.29, 1.82) is 0 Å². The minimum Gasteiger partial charge on any atom is -0.497 e. The number of carbonyl (C=O) groups is 1. The van der Waals surface area contributed by atoms with Gasteiger partial charge in [-0.05, 0) is 61.7 Å². The van der Waals surface area contributed by atoms with Crippen LogP contribution in [0.5, 0.6) is 5.75 Å². The van der Waals surface area contributed by atoms with Crippen LogP contribution in [0.4, 0.5) is 13.2 Å². The first-order valence-corrected chi connectivity index (χ1v) is 15.3. The molecule has 0 unspecified atom stereocenters. The predicted molar refractivity (Wildman–Crippen MR) is 139 cm³/mol. The highest BCUT2D eigenvalue weighted by Crippen LogP contribution is 2.39. The topological polar surface area (TPSA) is 125 Å². The Morgan fingerprint density at radius 3 is 2.32 bits per heavy atom. The highest BCUT2D eigenvalue weighted by molar-refractivity contribution is 7.91. The molecule has 4 rings (SSSR count). The average molecular weight is 616 g/mol. The van der Waals surface area contributed by atoms with Gasteiger partial charge in [-0.1, -0.05) is 0 Å². The second kappa shape index (κ2) is 11.4. The third-order valence-electron chi connectivity index (χ3n) is 6.99.